The van der Waals surface area contributed by atoms with Crippen LogP contribution in [-0.2, 0) is 10.0 Å². The summed E-state index contributed by atoms with van der Waals surface area (Å²) in [6.45, 7) is 5.28. The molecule has 1 aliphatic rings. The lowest BCUT2D eigenvalue weighted by Gasteiger charge is -2.34. The standard InChI is InChI=1S/C21H22ClN3O3S/c1-14-15(2)23-20-8-3-16(13-19(14)20)21(26)24-9-11-25(12-10-24)29(27,28)18-6-4-17(22)5-7-18/h3-8,13,23H,9-12H2,1-2H3. The molecule has 1 amide bonds. The summed E-state index contributed by atoms with van der Waals surface area (Å²) in [4.78, 5) is 18.2. The minimum atomic E-state index is -3.59. The topological polar surface area (TPSA) is 73.5 Å². The number of hydrogen-bond acceptors (Lipinski definition) is 3. The van der Waals surface area contributed by atoms with E-state index in [9.17, 15) is 13.2 Å². The number of carbonyl (C=O) groups is 1. The Morgan fingerprint density at radius 2 is 1.66 bits per heavy atom. The molecular formula is C21H22ClN3O3S. The minimum absolute atomic E-state index is 0.0753. The molecule has 6 nitrogen and oxygen atoms in total. The summed E-state index contributed by atoms with van der Waals surface area (Å²) < 4.78 is 27.0. The highest BCUT2D eigenvalue weighted by molar-refractivity contribution is 7.89. The third-order valence-corrected chi connectivity index (χ3v) is 7.70. The second-order valence-corrected chi connectivity index (χ2v) is 9.66. The molecule has 2 heterocycles. The van der Waals surface area contributed by atoms with Gasteiger partial charge in [-0.25, -0.2) is 8.42 Å². The summed E-state index contributed by atoms with van der Waals surface area (Å²) in [6.07, 6.45) is 0. The average molecular weight is 432 g/mol. The number of piperazine rings is 1. The van der Waals surface area contributed by atoms with E-state index in [0.717, 1.165) is 22.2 Å². The van der Waals surface area contributed by atoms with Crippen LogP contribution in [0.5, 0.6) is 0 Å². The van der Waals surface area contributed by atoms with Crippen LogP contribution >= 0.6 is 11.6 Å². The van der Waals surface area contributed by atoms with Gasteiger partial charge in [0.2, 0.25) is 10.0 Å². The Morgan fingerprint density at radius 1 is 1.00 bits per heavy atom. The van der Waals surface area contributed by atoms with E-state index in [-0.39, 0.29) is 23.9 Å². The van der Waals surface area contributed by atoms with Crippen molar-refractivity contribution in [2.45, 2.75) is 18.7 Å². The van der Waals surface area contributed by atoms with E-state index >= 15 is 0 Å². The van der Waals surface area contributed by atoms with Crippen LogP contribution in [0.4, 0.5) is 0 Å². The molecule has 1 fully saturated rings. The molecule has 29 heavy (non-hydrogen) atoms. The largest absolute Gasteiger partial charge is 0.358 e. The van der Waals surface area contributed by atoms with Gasteiger partial charge in [-0.05, 0) is 61.9 Å². The van der Waals surface area contributed by atoms with Crippen molar-refractivity contribution in [3.05, 3.63) is 64.3 Å². The lowest BCUT2D eigenvalue weighted by Crippen LogP contribution is -2.50. The first kappa shape index (κ1) is 19.9. The molecule has 1 aromatic heterocycles. The van der Waals surface area contributed by atoms with Crippen LogP contribution in [0.1, 0.15) is 21.6 Å². The Labute approximate surface area is 175 Å². The number of benzene rings is 2. The number of aromatic nitrogens is 1. The van der Waals surface area contributed by atoms with Crippen LogP contribution in [-0.4, -0.2) is 54.7 Å². The summed E-state index contributed by atoms with van der Waals surface area (Å²) in [5.74, 6) is -0.0753. The van der Waals surface area contributed by atoms with Gasteiger partial charge >= 0.3 is 0 Å². The van der Waals surface area contributed by atoms with E-state index in [0.29, 0.717) is 23.7 Å². The van der Waals surface area contributed by atoms with Crippen molar-refractivity contribution in [3.63, 3.8) is 0 Å². The lowest BCUT2D eigenvalue weighted by atomic mass is 10.1. The van der Waals surface area contributed by atoms with Gasteiger partial charge in [0.1, 0.15) is 0 Å². The average Bonchev–Trinajstić information content (AvgIpc) is 3.01. The third-order valence-electron chi connectivity index (χ3n) is 5.53. The Balaban J connectivity index is 1.48. The van der Waals surface area contributed by atoms with Gasteiger partial charge in [-0.15, -0.1) is 0 Å². The minimum Gasteiger partial charge on any atom is -0.358 e. The summed E-state index contributed by atoms with van der Waals surface area (Å²) >= 11 is 5.85. The maximum Gasteiger partial charge on any atom is 0.253 e. The van der Waals surface area contributed by atoms with Gasteiger partial charge in [-0.1, -0.05) is 11.6 Å². The number of aromatic amines is 1. The van der Waals surface area contributed by atoms with E-state index in [1.165, 1.54) is 16.4 Å². The van der Waals surface area contributed by atoms with Crippen LogP contribution in [0.3, 0.4) is 0 Å². The van der Waals surface area contributed by atoms with Crippen molar-refractivity contribution in [2.24, 2.45) is 0 Å². The number of rotatable bonds is 3. The Kier molecular flexibility index (Phi) is 5.14. The molecule has 2 aromatic carbocycles. The highest BCUT2D eigenvalue weighted by Crippen LogP contribution is 2.24. The number of amides is 1. The highest BCUT2D eigenvalue weighted by atomic mass is 35.5. The molecule has 3 aromatic rings. The van der Waals surface area contributed by atoms with Crippen LogP contribution in [0, 0.1) is 13.8 Å². The molecule has 152 valence electrons. The van der Waals surface area contributed by atoms with Crippen LogP contribution < -0.4 is 0 Å². The van der Waals surface area contributed by atoms with Gasteiger partial charge in [0.05, 0.1) is 4.90 Å². The van der Waals surface area contributed by atoms with Gasteiger partial charge in [0.25, 0.3) is 5.91 Å². The Morgan fingerprint density at radius 3 is 2.31 bits per heavy atom. The van der Waals surface area contributed by atoms with Crippen molar-refractivity contribution < 1.29 is 13.2 Å². The second-order valence-electron chi connectivity index (χ2n) is 7.29. The monoisotopic (exact) mass is 431 g/mol. The van der Waals surface area contributed by atoms with E-state index in [4.69, 9.17) is 11.6 Å². The van der Waals surface area contributed by atoms with Gasteiger partial charge in [0.15, 0.2) is 0 Å². The van der Waals surface area contributed by atoms with Crippen LogP contribution in [0.2, 0.25) is 5.02 Å². The van der Waals surface area contributed by atoms with Gasteiger partial charge in [-0.3, -0.25) is 4.79 Å². The molecule has 1 aliphatic heterocycles. The van der Waals surface area contributed by atoms with Crippen molar-refractivity contribution in [1.82, 2.24) is 14.2 Å². The number of fused-ring (bicyclic) bond motifs is 1. The molecule has 0 atom stereocenters. The van der Waals surface area contributed by atoms with Gasteiger partial charge in [0, 0.05) is 53.4 Å². The number of nitrogens with zero attached hydrogens (tertiary/aromatic N) is 2. The first-order valence-electron chi connectivity index (χ1n) is 9.41. The zero-order valence-corrected chi connectivity index (χ0v) is 17.8. The van der Waals surface area contributed by atoms with Crippen LogP contribution in [0.25, 0.3) is 10.9 Å². The normalized spacial score (nSPS) is 15.8. The maximum absolute atomic E-state index is 13.0. The fourth-order valence-electron chi connectivity index (χ4n) is 3.66. The number of hydrogen-bond donors (Lipinski definition) is 1. The van der Waals surface area contributed by atoms with E-state index < -0.39 is 10.0 Å². The summed E-state index contributed by atoms with van der Waals surface area (Å²) in [5, 5.41) is 1.53. The fourth-order valence-corrected chi connectivity index (χ4v) is 5.21. The maximum atomic E-state index is 13.0. The highest BCUT2D eigenvalue weighted by Gasteiger charge is 2.30. The number of H-pyrrole nitrogens is 1. The molecule has 1 N–H and O–H groups in total. The smallest absolute Gasteiger partial charge is 0.253 e. The summed E-state index contributed by atoms with van der Waals surface area (Å²) in [7, 11) is -3.59. The third kappa shape index (κ3) is 3.66. The lowest BCUT2D eigenvalue weighted by molar-refractivity contribution is 0.0698. The zero-order chi connectivity index (χ0) is 20.8. The zero-order valence-electron chi connectivity index (χ0n) is 16.3. The predicted molar refractivity (Wildman–Crippen MR) is 114 cm³/mol. The quantitative estimate of drug-likeness (QED) is 0.688. The Bertz CT molecular complexity index is 1180. The first-order chi connectivity index (χ1) is 13.8. The van der Waals surface area contributed by atoms with E-state index in [2.05, 4.69) is 4.98 Å². The summed E-state index contributed by atoms with van der Waals surface area (Å²) in [5.41, 5.74) is 3.85. The molecule has 0 saturated carbocycles. The van der Waals surface area contributed by atoms with Crippen molar-refractivity contribution in [2.75, 3.05) is 26.2 Å². The summed E-state index contributed by atoms with van der Waals surface area (Å²) in [6, 6.07) is 11.8. The molecule has 0 spiro atoms. The number of sulfonamides is 1. The molecule has 1 saturated heterocycles. The number of carbonyl (C=O) groups excluding carboxylic acids is 1. The first-order valence-corrected chi connectivity index (χ1v) is 11.2. The van der Waals surface area contributed by atoms with Gasteiger partial charge < -0.3 is 9.88 Å². The van der Waals surface area contributed by atoms with Crippen molar-refractivity contribution >= 4 is 38.4 Å². The van der Waals surface area contributed by atoms with Crippen molar-refractivity contribution in [1.29, 1.82) is 0 Å². The SMILES string of the molecule is Cc1[nH]c2ccc(C(=O)N3CCN(S(=O)(=O)c4ccc(Cl)cc4)CC3)cc2c1C. The molecule has 8 heteroatoms. The van der Waals surface area contributed by atoms with Crippen LogP contribution in [0.15, 0.2) is 47.4 Å². The second kappa shape index (κ2) is 7.48. The molecule has 0 radical (unpaired) electrons. The molecular weight excluding hydrogens is 410 g/mol. The molecule has 0 unspecified atom stereocenters. The van der Waals surface area contributed by atoms with E-state index in [1.807, 2.05) is 32.0 Å². The Hall–Kier alpha value is -2.35. The number of nitrogens with one attached hydrogen (secondary N) is 1. The molecule has 0 aliphatic carbocycles. The molecule has 0 bridgehead atoms. The predicted octanol–water partition coefficient (Wildman–Crippen LogP) is 3.58. The van der Waals surface area contributed by atoms with Gasteiger partial charge in [-0.2, -0.15) is 4.31 Å². The van der Waals surface area contributed by atoms with Crippen molar-refractivity contribution in [3.8, 4) is 0 Å². The number of aryl methyl sites for hydroxylation is 2. The fraction of sp³-hybridized carbons (Fsp3) is 0.286. The number of halogens is 1. The molecule has 4 rings (SSSR count). The van der Waals surface area contributed by atoms with E-state index in [1.54, 1.807) is 17.0 Å².